The van der Waals surface area contributed by atoms with Crippen LogP contribution in [0.1, 0.15) is 26.3 Å². The Hall–Kier alpha value is -3.85. The SMILES string of the molecule is O=C(CNC(=O)c1cccc(Br)c1)N/N=C/c1ccc(OC(=O)c2ccccc2F)cc1. The third-order valence-electron chi connectivity index (χ3n) is 4.08. The number of ether oxygens (including phenoxy) is 1. The summed E-state index contributed by atoms with van der Waals surface area (Å²) in [6.07, 6.45) is 1.39. The number of amides is 2. The van der Waals surface area contributed by atoms with Crippen LogP contribution in [-0.4, -0.2) is 30.5 Å². The number of rotatable bonds is 7. The Labute approximate surface area is 191 Å². The normalized spacial score (nSPS) is 10.6. The number of halogens is 2. The molecule has 0 radical (unpaired) electrons. The number of benzene rings is 3. The number of hydrogen-bond donors (Lipinski definition) is 2. The van der Waals surface area contributed by atoms with Crippen LogP contribution in [0.3, 0.4) is 0 Å². The minimum absolute atomic E-state index is 0.159. The lowest BCUT2D eigenvalue weighted by atomic mass is 10.2. The highest BCUT2D eigenvalue weighted by Crippen LogP contribution is 2.15. The van der Waals surface area contributed by atoms with Crippen molar-refractivity contribution in [3.05, 3.63) is 99.8 Å². The largest absolute Gasteiger partial charge is 0.423 e. The van der Waals surface area contributed by atoms with E-state index in [9.17, 15) is 18.8 Å². The maximum absolute atomic E-state index is 13.6. The van der Waals surface area contributed by atoms with Crippen LogP contribution in [0.2, 0.25) is 0 Å². The summed E-state index contributed by atoms with van der Waals surface area (Å²) in [6.45, 7) is -0.242. The highest BCUT2D eigenvalue weighted by Gasteiger charge is 2.13. The molecule has 0 spiro atoms. The van der Waals surface area contributed by atoms with Gasteiger partial charge in [0.25, 0.3) is 11.8 Å². The predicted molar refractivity (Wildman–Crippen MR) is 120 cm³/mol. The zero-order valence-corrected chi connectivity index (χ0v) is 18.1. The average molecular weight is 498 g/mol. The third-order valence-corrected chi connectivity index (χ3v) is 4.58. The van der Waals surface area contributed by atoms with Crippen LogP contribution in [0.4, 0.5) is 4.39 Å². The number of carbonyl (C=O) groups excluding carboxylic acids is 3. The van der Waals surface area contributed by atoms with Crippen LogP contribution < -0.4 is 15.5 Å². The first-order chi connectivity index (χ1) is 15.4. The number of carbonyl (C=O) groups is 3. The molecule has 0 aliphatic carbocycles. The van der Waals surface area contributed by atoms with E-state index in [-0.39, 0.29) is 23.8 Å². The summed E-state index contributed by atoms with van der Waals surface area (Å²) < 4.78 is 19.5. The number of nitrogens with zero attached hydrogens (tertiary/aromatic N) is 1. The molecule has 2 N–H and O–H groups in total. The van der Waals surface area contributed by atoms with E-state index >= 15 is 0 Å². The summed E-state index contributed by atoms with van der Waals surface area (Å²) in [6, 6.07) is 18.6. The first-order valence-corrected chi connectivity index (χ1v) is 10.1. The topological polar surface area (TPSA) is 96.9 Å². The van der Waals surface area contributed by atoms with Crippen LogP contribution >= 0.6 is 15.9 Å². The van der Waals surface area contributed by atoms with E-state index in [2.05, 4.69) is 31.8 Å². The predicted octanol–water partition coefficient (Wildman–Crippen LogP) is 3.69. The minimum atomic E-state index is -0.804. The molecular formula is C23H17BrFN3O4. The van der Waals surface area contributed by atoms with Crippen LogP contribution in [0.15, 0.2) is 82.4 Å². The maximum Gasteiger partial charge on any atom is 0.346 e. The highest BCUT2D eigenvalue weighted by atomic mass is 79.9. The van der Waals surface area contributed by atoms with Crippen LogP contribution in [-0.2, 0) is 4.79 Å². The van der Waals surface area contributed by atoms with E-state index in [4.69, 9.17) is 4.74 Å². The fraction of sp³-hybridized carbons (Fsp3) is 0.0435. The minimum Gasteiger partial charge on any atom is -0.423 e. The standard InChI is InChI=1S/C23H17BrFN3O4/c24-17-5-3-4-16(12-17)22(30)26-14-21(29)28-27-13-15-8-10-18(11-9-15)32-23(31)19-6-1-2-7-20(19)25/h1-13H,14H2,(H,26,30)(H,28,29)/b27-13+. The smallest absolute Gasteiger partial charge is 0.346 e. The van der Waals surface area contributed by atoms with Crippen molar-refractivity contribution >= 4 is 39.9 Å². The van der Waals surface area contributed by atoms with Gasteiger partial charge in [-0.25, -0.2) is 14.6 Å². The van der Waals surface area contributed by atoms with Crippen molar-refractivity contribution in [2.75, 3.05) is 6.54 Å². The summed E-state index contributed by atoms with van der Waals surface area (Å²) in [5.41, 5.74) is 3.19. The molecule has 3 aromatic rings. The lowest BCUT2D eigenvalue weighted by Crippen LogP contribution is -2.34. The molecule has 162 valence electrons. The molecular weight excluding hydrogens is 481 g/mol. The molecule has 0 saturated heterocycles. The molecule has 9 heteroatoms. The van der Waals surface area contributed by atoms with E-state index in [1.165, 1.54) is 36.5 Å². The lowest BCUT2D eigenvalue weighted by Gasteiger charge is -2.05. The van der Waals surface area contributed by atoms with Gasteiger partial charge in [0.05, 0.1) is 18.3 Å². The van der Waals surface area contributed by atoms with Crippen LogP contribution in [0, 0.1) is 5.82 Å². The number of hydrazone groups is 1. The van der Waals surface area contributed by atoms with Crippen molar-refractivity contribution in [1.82, 2.24) is 10.7 Å². The second-order valence-electron chi connectivity index (χ2n) is 6.42. The van der Waals surface area contributed by atoms with Gasteiger partial charge in [-0.1, -0.05) is 34.1 Å². The van der Waals surface area contributed by atoms with Gasteiger partial charge in [-0.3, -0.25) is 9.59 Å². The molecule has 0 aliphatic heterocycles. The average Bonchev–Trinajstić information content (AvgIpc) is 2.79. The fourth-order valence-corrected chi connectivity index (χ4v) is 2.92. The summed E-state index contributed by atoms with van der Waals surface area (Å²) in [5.74, 6) is -2.12. The highest BCUT2D eigenvalue weighted by molar-refractivity contribution is 9.10. The van der Waals surface area contributed by atoms with Crippen molar-refractivity contribution in [2.24, 2.45) is 5.10 Å². The quantitative estimate of drug-likeness (QED) is 0.225. The van der Waals surface area contributed by atoms with E-state index in [0.717, 1.165) is 4.47 Å². The molecule has 3 aromatic carbocycles. The molecule has 0 unspecified atom stereocenters. The molecule has 0 aromatic heterocycles. The summed E-state index contributed by atoms with van der Waals surface area (Å²) in [7, 11) is 0. The van der Waals surface area contributed by atoms with E-state index < -0.39 is 17.7 Å². The second kappa shape index (κ2) is 11.0. The second-order valence-corrected chi connectivity index (χ2v) is 7.34. The summed E-state index contributed by atoms with van der Waals surface area (Å²) in [5, 5.41) is 6.31. The van der Waals surface area contributed by atoms with Gasteiger partial charge >= 0.3 is 5.97 Å². The van der Waals surface area contributed by atoms with Gasteiger partial charge in [0, 0.05) is 10.0 Å². The molecule has 0 atom stereocenters. The van der Waals surface area contributed by atoms with Crippen molar-refractivity contribution in [3.63, 3.8) is 0 Å². The molecule has 0 fully saturated rings. The zero-order valence-electron chi connectivity index (χ0n) is 16.5. The number of esters is 1. The van der Waals surface area contributed by atoms with Crippen molar-refractivity contribution in [1.29, 1.82) is 0 Å². The Balaban J connectivity index is 1.46. The summed E-state index contributed by atoms with van der Waals surface area (Å²) in [4.78, 5) is 35.9. The Morgan fingerprint density at radius 3 is 2.47 bits per heavy atom. The molecule has 7 nitrogen and oxygen atoms in total. The Morgan fingerprint density at radius 2 is 1.75 bits per heavy atom. The number of nitrogens with one attached hydrogen (secondary N) is 2. The van der Waals surface area contributed by atoms with Gasteiger partial charge in [0.15, 0.2) is 0 Å². The number of hydrogen-bond acceptors (Lipinski definition) is 5. The van der Waals surface area contributed by atoms with E-state index in [1.54, 1.807) is 42.5 Å². The first-order valence-electron chi connectivity index (χ1n) is 9.35. The van der Waals surface area contributed by atoms with Crippen molar-refractivity contribution < 1.29 is 23.5 Å². The first kappa shape index (κ1) is 22.8. The molecule has 0 bridgehead atoms. The van der Waals surface area contributed by atoms with Gasteiger partial charge in [-0.15, -0.1) is 0 Å². The molecule has 3 rings (SSSR count). The monoisotopic (exact) mass is 497 g/mol. The third kappa shape index (κ3) is 6.58. The molecule has 0 heterocycles. The van der Waals surface area contributed by atoms with Gasteiger partial charge in [-0.2, -0.15) is 5.10 Å². The zero-order chi connectivity index (χ0) is 22.9. The van der Waals surface area contributed by atoms with Crippen molar-refractivity contribution in [2.45, 2.75) is 0 Å². The maximum atomic E-state index is 13.6. The van der Waals surface area contributed by atoms with E-state index in [1.807, 2.05) is 0 Å². The Kier molecular flexibility index (Phi) is 7.82. The Bertz CT molecular complexity index is 1170. The molecule has 0 aliphatic rings. The van der Waals surface area contributed by atoms with E-state index in [0.29, 0.717) is 11.1 Å². The van der Waals surface area contributed by atoms with Gasteiger partial charge in [0.2, 0.25) is 0 Å². The lowest BCUT2D eigenvalue weighted by molar-refractivity contribution is -0.120. The summed E-state index contributed by atoms with van der Waals surface area (Å²) >= 11 is 3.28. The van der Waals surface area contributed by atoms with Crippen LogP contribution in [0.25, 0.3) is 0 Å². The van der Waals surface area contributed by atoms with Gasteiger partial charge in [-0.05, 0) is 60.2 Å². The van der Waals surface area contributed by atoms with Gasteiger partial charge in [0.1, 0.15) is 11.6 Å². The van der Waals surface area contributed by atoms with Gasteiger partial charge < -0.3 is 10.1 Å². The van der Waals surface area contributed by atoms with Crippen LogP contribution in [0.5, 0.6) is 5.75 Å². The fourth-order valence-electron chi connectivity index (χ4n) is 2.52. The molecule has 32 heavy (non-hydrogen) atoms. The Morgan fingerprint density at radius 1 is 1.00 bits per heavy atom. The molecule has 0 saturated carbocycles. The molecule has 2 amide bonds. The van der Waals surface area contributed by atoms with Crippen molar-refractivity contribution in [3.8, 4) is 5.75 Å².